The van der Waals surface area contributed by atoms with E-state index in [-0.39, 0.29) is 47.6 Å². The van der Waals surface area contributed by atoms with Crippen molar-refractivity contribution in [2.24, 2.45) is 0 Å². The molecule has 252 valence electrons. The van der Waals surface area contributed by atoms with Crippen LogP contribution in [0.4, 0.5) is 32.9 Å². The van der Waals surface area contributed by atoms with E-state index in [1.807, 2.05) is 19.1 Å². The Kier molecular flexibility index (Phi) is 10.6. The number of rotatable bonds is 7. The van der Waals surface area contributed by atoms with Gasteiger partial charge in [-0.3, -0.25) is 4.79 Å². The highest BCUT2D eigenvalue weighted by Crippen LogP contribution is 2.29. The van der Waals surface area contributed by atoms with Gasteiger partial charge in [0.2, 0.25) is 17.2 Å². The van der Waals surface area contributed by atoms with Gasteiger partial charge in [0.15, 0.2) is 0 Å². The van der Waals surface area contributed by atoms with Gasteiger partial charge in [0.25, 0.3) is 5.91 Å². The molecule has 47 heavy (non-hydrogen) atoms. The Bertz CT molecular complexity index is 1570. The molecule has 2 unspecified atom stereocenters. The van der Waals surface area contributed by atoms with E-state index < -0.39 is 35.5 Å². The molecule has 4 rings (SSSR count). The van der Waals surface area contributed by atoms with Crippen molar-refractivity contribution in [3.05, 3.63) is 58.9 Å². The number of anilines is 4. The molecule has 14 nitrogen and oxygen atoms in total. The average molecular weight is 669 g/mol. The molecule has 3 amide bonds. The number of alkyl carbamates (subject to hydrolysis) is 2. The highest BCUT2D eigenvalue weighted by molar-refractivity contribution is 6.28. The number of aryl methyl sites for hydroxylation is 1. The Morgan fingerprint density at radius 3 is 1.98 bits per heavy atom. The number of carbonyl (C=O) groups excluding carboxylic acids is 3. The van der Waals surface area contributed by atoms with Crippen molar-refractivity contribution in [2.45, 2.75) is 78.2 Å². The number of nitrogens with one attached hydrogen (secondary N) is 4. The number of carbonyl (C=O) groups is 3. The van der Waals surface area contributed by atoms with Gasteiger partial charge >= 0.3 is 12.2 Å². The van der Waals surface area contributed by atoms with Crippen LogP contribution in [-0.4, -0.2) is 74.5 Å². The van der Waals surface area contributed by atoms with E-state index >= 15 is 0 Å². The molecule has 0 saturated carbocycles. The van der Waals surface area contributed by atoms with Gasteiger partial charge in [-0.05, 0) is 90.8 Å². The second-order valence-corrected chi connectivity index (χ2v) is 13.6. The fraction of sp³-hybridized carbons (Fsp3) is 0.438. The van der Waals surface area contributed by atoms with Crippen LogP contribution in [0.2, 0.25) is 5.28 Å². The molecule has 2 atom stereocenters. The van der Waals surface area contributed by atoms with Crippen LogP contribution in [0.1, 0.15) is 63.9 Å². The molecule has 2 aromatic carbocycles. The van der Waals surface area contributed by atoms with Gasteiger partial charge in [0.05, 0.1) is 17.8 Å². The molecule has 0 radical (unpaired) electrons. The van der Waals surface area contributed by atoms with E-state index in [9.17, 15) is 19.5 Å². The van der Waals surface area contributed by atoms with E-state index in [1.165, 1.54) is 12.1 Å². The number of nitrogens with zero attached hydrogens (tertiary/aromatic N) is 4. The molecule has 1 fully saturated rings. The lowest BCUT2D eigenvalue weighted by atomic mass is 10.0. The van der Waals surface area contributed by atoms with Gasteiger partial charge in [-0.1, -0.05) is 17.7 Å². The minimum atomic E-state index is -0.700. The minimum absolute atomic E-state index is 0.0784. The highest BCUT2D eigenvalue weighted by Gasteiger charge is 2.33. The van der Waals surface area contributed by atoms with E-state index in [4.69, 9.17) is 21.1 Å². The Labute approximate surface area is 278 Å². The van der Waals surface area contributed by atoms with Crippen LogP contribution in [0.15, 0.2) is 42.5 Å². The third kappa shape index (κ3) is 10.9. The molecule has 0 aliphatic carbocycles. The molecule has 1 aliphatic rings. The lowest BCUT2D eigenvalue weighted by Crippen LogP contribution is -2.58. The Morgan fingerprint density at radius 2 is 1.45 bits per heavy atom. The van der Waals surface area contributed by atoms with Crippen LogP contribution < -0.4 is 26.2 Å². The van der Waals surface area contributed by atoms with Crippen LogP contribution >= 0.6 is 11.6 Å². The van der Waals surface area contributed by atoms with Crippen molar-refractivity contribution in [2.75, 3.05) is 28.6 Å². The van der Waals surface area contributed by atoms with Gasteiger partial charge in [-0.2, -0.15) is 15.0 Å². The molecule has 3 aromatic rings. The highest BCUT2D eigenvalue weighted by atomic mass is 35.5. The van der Waals surface area contributed by atoms with Gasteiger partial charge in [-0.15, -0.1) is 0 Å². The standard InChI is InChI=1S/C32H41ClN8O6/c1-18-8-10-19(11-9-18)25(43)37-23-13-12-20(15-24(23)42)34-27-38-26(33)39-28(40-27)41-16-21(35-29(44)46-31(2,3)4)14-22(17-41)36-30(45)47-32(5,6)7/h8-13,15,21-22,42H,14,16-17H2,1-7H3,(H,35,44)(H,36,45)(H,37,43)(H,34,38,39,40). The maximum atomic E-state index is 12.6. The number of halogens is 1. The lowest BCUT2D eigenvalue weighted by molar-refractivity contribution is 0.0475. The fourth-order valence-corrected chi connectivity index (χ4v) is 4.86. The largest absolute Gasteiger partial charge is 0.506 e. The zero-order chi connectivity index (χ0) is 34.5. The topological polar surface area (TPSA) is 180 Å². The van der Waals surface area contributed by atoms with Crippen molar-refractivity contribution in [1.82, 2.24) is 25.6 Å². The van der Waals surface area contributed by atoms with E-state index in [2.05, 4.69) is 36.2 Å². The van der Waals surface area contributed by atoms with Gasteiger partial charge in [-0.25, -0.2) is 9.59 Å². The molecular formula is C32H41ClN8O6. The normalized spacial score (nSPS) is 16.6. The summed E-state index contributed by atoms with van der Waals surface area (Å²) in [5.74, 6) is -0.283. The van der Waals surface area contributed by atoms with Gasteiger partial charge in [0, 0.05) is 30.4 Å². The summed E-state index contributed by atoms with van der Waals surface area (Å²) in [6.45, 7) is 13.1. The quantitative estimate of drug-likeness (QED) is 0.200. The average Bonchev–Trinajstić information content (AvgIpc) is 2.92. The summed E-state index contributed by atoms with van der Waals surface area (Å²) in [5, 5.41) is 21.9. The van der Waals surface area contributed by atoms with Crippen LogP contribution in [0.5, 0.6) is 5.75 Å². The van der Waals surface area contributed by atoms with Crippen LogP contribution in [-0.2, 0) is 9.47 Å². The number of ether oxygens (including phenoxy) is 2. The number of amides is 3. The molecule has 5 N–H and O–H groups in total. The van der Waals surface area contributed by atoms with Crippen LogP contribution in [0, 0.1) is 6.92 Å². The summed E-state index contributed by atoms with van der Waals surface area (Å²) in [7, 11) is 0. The molecule has 2 heterocycles. The third-order valence-electron chi connectivity index (χ3n) is 6.59. The minimum Gasteiger partial charge on any atom is -0.506 e. The van der Waals surface area contributed by atoms with Gasteiger partial charge in [0.1, 0.15) is 17.0 Å². The zero-order valence-electron chi connectivity index (χ0n) is 27.5. The van der Waals surface area contributed by atoms with Crippen molar-refractivity contribution in [1.29, 1.82) is 0 Å². The van der Waals surface area contributed by atoms with Crippen molar-refractivity contribution >= 4 is 53.0 Å². The predicted octanol–water partition coefficient (Wildman–Crippen LogP) is 5.53. The van der Waals surface area contributed by atoms with Crippen molar-refractivity contribution in [3.63, 3.8) is 0 Å². The SMILES string of the molecule is Cc1ccc(C(=O)Nc2ccc(Nc3nc(Cl)nc(N4CC(NC(=O)OC(C)(C)C)CC(NC(=O)OC(C)(C)C)C4)n3)cc2O)cc1. The summed E-state index contributed by atoms with van der Waals surface area (Å²) in [4.78, 5) is 52.6. The summed E-state index contributed by atoms with van der Waals surface area (Å²) in [5.41, 5.74) is 0.709. The molecule has 1 aliphatic heterocycles. The Balaban J connectivity index is 1.51. The fourth-order valence-electron chi connectivity index (χ4n) is 4.70. The number of benzene rings is 2. The van der Waals surface area contributed by atoms with Gasteiger partial charge < -0.3 is 40.7 Å². The Morgan fingerprint density at radius 1 is 0.872 bits per heavy atom. The van der Waals surface area contributed by atoms with Crippen molar-refractivity contribution < 1.29 is 29.0 Å². The molecular weight excluding hydrogens is 628 g/mol. The smallest absolute Gasteiger partial charge is 0.407 e. The van der Waals surface area contributed by atoms with E-state index in [1.54, 1.807) is 64.6 Å². The first kappa shape index (κ1) is 35.0. The molecule has 0 bridgehead atoms. The van der Waals surface area contributed by atoms with E-state index in [0.717, 1.165) is 5.56 Å². The second-order valence-electron chi connectivity index (χ2n) is 13.2. The zero-order valence-corrected chi connectivity index (χ0v) is 28.2. The Hall–Kier alpha value is -4.85. The molecule has 1 saturated heterocycles. The predicted molar refractivity (Wildman–Crippen MR) is 179 cm³/mol. The second kappa shape index (κ2) is 14.3. The maximum Gasteiger partial charge on any atom is 0.407 e. The van der Waals surface area contributed by atoms with Crippen LogP contribution in [0.25, 0.3) is 0 Å². The number of phenols is 1. The number of phenolic OH excluding ortho intramolecular Hbond substituents is 1. The monoisotopic (exact) mass is 668 g/mol. The summed E-state index contributed by atoms with van der Waals surface area (Å²) < 4.78 is 10.9. The first-order valence-corrected chi connectivity index (χ1v) is 15.4. The molecule has 15 heteroatoms. The van der Waals surface area contributed by atoms with Crippen LogP contribution in [0.3, 0.4) is 0 Å². The maximum absolute atomic E-state index is 12.6. The number of piperidine rings is 1. The number of aromatic hydroxyl groups is 1. The first-order valence-electron chi connectivity index (χ1n) is 15.1. The number of hydrogen-bond donors (Lipinski definition) is 5. The first-order chi connectivity index (χ1) is 21.9. The number of hydrogen-bond acceptors (Lipinski definition) is 11. The third-order valence-corrected chi connectivity index (χ3v) is 6.76. The summed E-state index contributed by atoms with van der Waals surface area (Å²) in [6.07, 6.45) is -0.810. The summed E-state index contributed by atoms with van der Waals surface area (Å²) >= 11 is 6.30. The van der Waals surface area contributed by atoms with Crippen molar-refractivity contribution in [3.8, 4) is 5.75 Å². The lowest BCUT2D eigenvalue weighted by Gasteiger charge is -2.38. The molecule has 0 spiro atoms. The summed E-state index contributed by atoms with van der Waals surface area (Å²) in [6, 6.07) is 10.7. The van der Waals surface area contributed by atoms with E-state index in [0.29, 0.717) is 17.7 Å². The molecule has 1 aromatic heterocycles. The number of aromatic nitrogens is 3.